The Labute approximate surface area is 150 Å². The molecule has 0 unspecified atom stereocenters. The van der Waals surface area contributed by atoms with E-state index in [1.807, 2.05) is 0 Å². The lowest BCUT2D eigenvalue weighted by Gasteiger charge is -2.33. The van der Waals surface area contributed by atoms with Gasteiger partial charge < -0.3 is 14.9 Å². The number of carbonyl (C=O) groups excluding carboxylic acids is 1. The van der Waals surface area contributed by atoms with E-state index in [-0.39, 0.29) is 17.5 Å². The Kier molecular flexibility index (Phi) is 5.10. The summed E-state index contributed by atoms with van der Waals surface area (Å²) in [5, 5.41) is 16.5. The number of aromatic nitrogens is 5. The second-order valence-electron chi connectivity index (χ2n) is 6.55. The van der Waals surface area contributed by atoms with Crippen LogP contribution in [-0.4, -0.2) is 74.0 Å². The molecule has 3 heterocycles. The SMILES string of the molecule is CN(C)C(=O)c1cncc(N2CCC[C@@H](Cn3cc(C(=O)O)nn3)C2)n1. The molecule has 1 amide bonds. The summed E-state index contributed by atoms with van der Waals surface area (Å²) < 4.78 is 1.56. The van der Waals surface area contributed by atoms with E-state index in [9.17, 15) is 9.59 Å². The van der Waals surface area contributed by atoms with Crippen LogP contribution < -0.4 is 4.90 Å². The van der Waals surface area contributed by atoms with Gasteiger partial charge in [0, 0.05) is 33.7 Å². The van der Waals surface area contributed by atoms with Crippen LogP contribution in [0, 0.1) is 5.92 Å². The van der Waals surface area contributed by atoms with Gasteiger partial charge in [-0.1, -0.05) is 5.21 Å². The van der Waals surface area contributed by atoms with Crippen molar-refractivity contribution in [3.05, 3.63) is 30.0 Å². The molecule has 0 spiro atoms. The predicted octanol–water partition coefficient (Wildman–Crippen LogP) is 0.385. The van der Waals surface area contributed by atoms with E-state index in [2.05, 4.69) is 25.2 Å². The fraction of sp³-hybridized carbons (Fsp3) is 0.500. The topological polar surface area (TPSA) is 117 Å². The molecule has 10 heteroatoms. The minimum Gasteiger partial charge on any atom is -0.476 e. The number of hydrogen-bond acceptors (Lipinski definition) is 7. The summed E-state index contributed by atoms with van der Waals surface area (Å²) in [6.45, 7) is 2.15. The zero-order chi connectivity index (χ0) is 18.7. The number of rotatable bonds is 5. The smallest absolute Gasteiger partial charge is 0.358 e. The Morgan fingerprint density at radius 3 is 2.81 bits per heavy atom. The van der Waals surface area contributed by atoms with Crippen molar-refractivity contribution in [2.24, 2.45) is 5.92 Å². The molecular formula is C16H21N7O3. The predicted molar refractivity (Wildman–Crippen MR) is 92.0 cm³/mol. The molecule has 26 heavy (non-hydrogen) atoms. The van der Waals surface area contributed by atoms with Gasteiger partial charge in [-0.25, -0.2) is 9.78 Å². The van der Waals surface area contributed by atoms with Gasteiger partial charge in [0.2, 0.25) is 0 Å². The van der Waals surface area contributed by atoms with Crippen molar-refractivity contribution >= 4 is 17.7 Å². The lowest BCUT2D eigenvalue weighted by Crippen LogP contribution is -2.38. The summed E-state index contributed by atoms with van der Waals surface area (Å²) in [6.07, 6.45) is 6.54. The van der Waals surface area contributed by atoms with Crippen molar-refractivity contribution in [1.29, 1.82) is 0 Å². The normalized spacial score (nSPS) is 17.2. The van der Waals surface area contributed by atoms with E-state index in [1.165, 1.54) is 17.3 Å². The van der Waals surface area contributed by atoms with Gasteiger partial charge in [-0.05, 0) is 18.8 Å². The molecule has 1 aliphatic rings. The number of carboxylic acid groups (broad SMARTS) is 1. The Bertz CT molecular complexity index is 805. The summed E-state index contributed by atoms with van der Waals surface area (Å²) in [4.78, 5) is 35.2. The third-order valence-corrected chi connectivity index (χ3v) is 4.29. The van der Waals surface area contributed by atoms with Crippen LogP contribution in [0.2, 0.25) is 0 Å². The fourth-order valence-electron chi connectivity index (χ4n) is 3.01. The molecule has 2 aromatic rings. The summed E-state index contributed by atoms with van der Waals surface area (Å²) in [6, 6.07) is 0. The molecule has 1 N–H and O–H groups in total. The van der Waals surface area contributed by atoms with E-state index < -0.39 is 5.97 Å². The van der Waals surface area contributed by atoms with Crippen molar-refractivity contribution < 1.29 is 14.7 Å². The molecule has 1 aliphatic heterocycles. The maximum Gasteiger partial charge on any atom is 0.358 e. The highest BCUT2D eigenvalue weighted by Gasteiger charge is 2.23. The van der Waals surface area contributed by atoms with Gasteiger partial charge >= 0.3 is 5.97 Å². The van der Waals surface area contributed by atoms with Crippen molar-refractivity contribution in [2.45, 2.75) is 19.4 Å². The molecule has 0 saturated carbocycles. The van der Waals surface area contributed by atoms with Gasteiger partial charge in [0.1, 0.15) is 11.5 Å². The highest BCUT2D eigenvalue weighted by atomic mass is 16.4. The lowest BCUT2D eigenvalue weighted by atomic mass is 9.98. The van der Waals surface area contributed by atoms with Gasteiger partial charge in [0.25, 0.3) is 5.91 Å². The number of aromatic carboxylic acids is 1. The summed E-state index contributed by atoms with van der Waals surface area (Å²) in [7, 11) is 3.36. The van der Waals surface area contributed by atoms with Crippen LogP contribution in [0.3, 0.4) is 0 Å². The second-order valence-corrected chi connectivity index (χ2v) is 6.55. The van der Waals surface area contributed by atoms with Crippen LogP contribution in [0.5, 0.6) is 0 Å². The third-order valence-electron chi connectivity index (χ3n) is 4.29. The number of hydrogen-bond donors (Lipinski definition) is 1. The van der Waals surface area contributed by atoms with E-state index in [4.69, 9.17) is 5.11 Å². The molecular weight excluding hydrogens is 338 g/mol. The standard InChI is InChI=1S/C16H21N7O3/c1-21(2)15(24)12-6-17-7-14(18-12)22-5-3-4-11(8-22)9-23-10-13(16(25)26)19-20-23/h6-7,10-11H,3-5,8-9H2,1-2H3,(H,25,26)/t11-/m1/s1. The van der Waals surface area contributed by atoms with Crippen LogP contribution in [0.1, 0.15) is 33.8 Å². The quantitative estimate of drug-likeness (QED) is 0.814. The number of nitrogens with zero attached hydrogens (tertiary/aromatic N) is 7. The molecule has 1 saturated heterocycles. The van der Waals surface area contributed by atoms with E-state index in [1.54, 1.807) is 25.0 Å². The van der Waals surface area contributed by atoms with Crippen LogP contribution >= 0.6 is 0 Å². The van der Waals surface area contributed by atoms with Crippen molar-refractivity contribution in [3.8, 4) is 0 Å². The Hall–Kier alpha value is -3.04. The lowest BCUT2D eigenvalue weighted by molar-refractivity contribution is 0.0689. The van der Waals surface area contributed by atoms with Crippen LogP contribution in [-0.2, 0) is 6.54 Å². The maximum atomic E-state index is 12.1. The van der Waals surface area contributed by atoms with Crippen molar-refractivity contribution in [2.75, 3.05) is 32.1 Å². The van der Waals surface area contributed by atoms with Gasteiger partial charge in [0.15, 0.2) is 5.69 Å². The average Bonchev–Trinajstić information content (AvgIpc) is 3.10. The molecule has 0 bridgehead atoms. The van der Waals surface area contributed by atoms with E-state index >= 15 is 0 Å². The molecule has 10 nitrogen and oxygen atoms in total. The summed E-state index contributed by atoms with van der Waals surface area (Å²) in [5.41, 5.74) is 0.260. The molecule has 138 valence electrons. The highest BCUT2D eigenvalue weighted by Crippen LogP contribution is 2.22. The van der Waals surface area contributed by atoms with Gasteiger partial charge in [-0.2, -0.15) is 0 Å². The maximum absolute atomic E-state index is 12.1. The first-order valence-electron chi connectivity index (χ1n) is 8.36. The largest absolute Gasteiger partial charge is 0.476 e. The van der Waals surface area contributed by atoms with Crippen LogP contribution in [0.25, 0.3) is 0 Å². The number of piperidine rings is 1. The highest BCUT2D eigenvalue weighted by molar-refractivity contribution is 5.91. The Morgan fingerprint density at radius 1 is 1.31 bits per heavy atom. The Morgan fingerprint density at radius 2 is 2.12 bits per heavy atom. The Balaban J connectivity index is 1.69. The molecule has 1 atom stereocenters. The van der Waals surface area contributed by atoms with Crippen LogP contribution in [0.15, 0.2) is 18.6 Å². The number of anilines is 1. The summed E-state index contributed by atoms with van der Waals surface area (Å²) in [5.74, 6) is -0.315. The van der Waals surface area contributed by atoms with Crippen molar-refractivity contribution in [3.63, 3.8) is 0 Å². The van der Waals surface area contributed by atoms with Crippen molar-refractivity contribution in [1.82, 2.24) is 29.9 Å². The van der Waals surface area contributed by atoms with Gasteiger partial charge in [-0.15, -0.1) is 5.10 Å². The first-order chi connectivity index (χ1) is 12.4. The monoisotopic (exact) mass is 359 g/mol. The third kappa shape index (κ3) is 3.95. The molecule has 0 aromatic carbocycles. The number of carbonyl (C=O) groups is 2. The first-order valence-corrected chi connectivity index (χ1v) is 8.36. The minimum atomic E-state index is -1.08. The second kappa shape index (κ2) is 7.46. The van der Waals surface area contributed by atoms with Gasteiger partial charge in [-0.3, -0.25) is 14.5 Å². The van der Waals surface area contributed by atoms with E-state index in [0.29, 0.717) is 18.1 Å². The average molecular weight is 359 g/mol. The molecule has 0 aliphatic carbocycles. The number of amides is 1. The molecule has 3 rings (SSSR count). The fourth-order valence-corrected chi connectivity index (χ4v) is 3.01. The molecule has 1 fully saturated rings. The zero-order valence-electron chi connectivity index (χ0n) is 14.7. The molecule has 2 aromatic heterocycles. The van der Waals surface area contributed by atoms with Gasteiger partial charge in [0.05, 0.1) is 18.6 Å². The van der Waals surface area contributed by atoms with E-state index in [0.717, 1.165) is 25.9 Å². The van der Waals surface area contributed by atoms with Crippen LogP contribution in [0.4, 0.5) is 5.82 Å². The summed E-state index contributed by atoms with van der Waals surface area (Å²) >= 11 is 0. The number of carboxylic acids is 1. The minimum absolute atomic E-state index is 0.0570. The molecule has 0 radical (unpaired) electrons. The zero-order valence-corrected chi connectivity index (χ0v) is 14.7. The first kappa shape index (κ1) is 17.8.